The smallest absolute Gasteiger partial charge is 0.383 e. The van der Waals surface area contributed by atoms with Crippen LogP contribution in [0.25, 0.3) is 0 Å². The maximum absolute atomic E-state index is 12.6. The molecule has 0 aromatic heterocycles. The molecule has 0 radical (unpaired) electrons. The van der Waals surface area contributed by atoms with Crippen LogP contribution in [-0.4, -0.2) is 69.5 Å². The molecule has 5 nitrogen and oxygen atoms in total. The van der Waals surface area contributed by atoms with Crippen LogP contribution in [0.5, 0.6) is 0 Å². The molecule has 8 heteroatoms. The number of rotatable bonds is 7. The standard InChI is InChI=1S/C12H22F3N3O2/c1-20-7-6-17-11(19)8-18(9-12(13,14)15)10-2-4-16-5-3-10/h10,16H,2-9H2,1H3,(H,17,19). The zero-order chi connectivity index (χ0) is 15.0. The number of carbonyl (C=O) groups is 1. The van der Waals surface area contributed by atoms with Crippen molar-refractivity contribution in [1.82, 2.24) is 15.5 Å². The lowest BCUT2D eigenvalue weighted by Crippen LogP contribution is -2.50. The third kappa shape index (κ3) is 7.06. The molecule has 1 amide bonds. The Balaban J connectivity index is 2.50. The SMILES string of the molecule is COCCNC(=O)CN(CC(F)(F)F)C1CCNCC1. The maximum Gasteiger partial charge on any atom is 0.401 e. The summed E-state index contributed by atoms with van der Waals surface area (Å²) in [7, 11) is 1.50. The van der Waals surface area contributed by atoms with E-state index in [0.29, 0.717) is 39.1 Å². The van der Waals surface area contributed by atoms with E-state index in [9.17, 15) is 18.0 Å². The van der Waals surface area contributed by atoms with E-state index >= 15 is 0 Å². The first kappa shape index (κ1) is 17.2. The lowest BCUT2D eigenvalue weighted by Gasteiger charge is -2.34. The fourth-order valence-corrected chi connectivity index (χ4v) is 2.25. The maximum atomic E-state index is 12.6. The summed E-state index contributed by atoms with van der Waals surface area (Å²) in [4.78, 5) is 12.9. The summed E-state index contributed by atoms with van der Waals surface area (Å²) in [5, 5.41) is 5.65. The van der Waals surface area contributed by atoms with Crippen molar-refractivity contribution >= 4 is 5.91 Å². The van der Waals surface area contributed by atoms with E-state index in [1.165, 1.54) is 12.0 Å². The first-order chi connectivity index (χ1) is 9.42. The lowest BCUT2D eigenvalue weighted by molar-refractivity contribution is -0.154. The molecule has 0 aliphatic carbocycles. The molecule has 1 aliphatic rings. The molecule has 1 aliphatic heterocycles. The number of piperidine rings is 1. The number of nitrogens with one attached hydrogen (secondary N) is 2. The average Bonchev–Trinajstić information content (AvgIpc) is 2.38. The van der Waals surface area contributed by atoms with E-state index in [1.807, 2.05) is 0 Å². The fraction of sp³-hybridized carbons (Fsp3) is 0.917. The van der Waals surface area contributed by atoms with E-state index in [4.69, 9.17) is 4.74 Å². The number of amides is 1. The van der Waals surface area contributed by atoms with Gasteiger partial charge < -0.3 is 15.4 Å². The number of hydrogen-bond donors (Lipinski definition) is 2. The number of ether oxygens (including phenoxy) is 1. The van der Waals surface area contributed by atoms with Gasteiger partial charge >= 0.3 is 6.18 Å². The van der Waals surface area contributed by atoms with Crippen LogP contribution in [0.2, 0.25) is 0 Å². The highest BCUT2D eigenvalue weighted by atomic mass is 19.4. The van der Waals surface area contributed by atoms with Gasteiger partial charge in [-0.1, -0.05) is 0 Å². The highest BCUT2D eigenvalue weighted by Crippen LogP contribution is 2.20. The van der Waals surface area contributed by atoms with Gasteiger partial charge in [0.1, 0.15) is 0 Å². The van der Waals surface area contributed by atoms with Crippen LogP contribution in [0.3, 0.4) is 0 Å². The third-order valence-electron chi connectivity index (χ3n) is 3.18. The number of nitrogens with zero attached hydrogens (tertiary/aromatic N) is 1. The van der Waals surface area contributed by atoms with Crippen LogP contribution in [-0.2, 0) is 9.53 Å². The van der Waals surface area contributed by atoms with Crippen molar-refractivity contribution in [2.45, 2.75) is 25.1 Å². The molecule has 118 valence electrons. The highest BCUT2D eigenvalue weighted by Gasteiger charge is 2.35. The molecule has 0 aromatic carbocycles. The van der Waals surface area contributed by atoms with Crippen LogP contribution in [0.1, 0.15) is 12.8 Å². The van der Waals surface area contributed by atoms with Crippen LogP contribution < -0.4 is 10.6 Å². The Bertz CT molecular complexity index is 294. The van der Waals surface area contributed by atoms with Crippen molar-refractivity contribution in [3.8, 4) is 0 Å². The number of methoxy groups -OCH3 is 1. The largest absolute Gasteiger partial charge is 0.401 e. The monoisotopic (exact) mass is 297 g/mol. The first-order valence-electron chi connectivity index (χ1n) is 6.69. The van der Waals surface area contributed by atoms with E-state index in [0.717, 1.165) is 0 Å². The zero-order valence-corrected chi connectivity index (χ0v) is 11.6. The van der Waals surface area contributed by atoms with Crippen LogP contribution in [0.4, 0.5) is 13.2 Å². The van der Waals surface area contributed by atoms with Gasteiger partial charge in [0.05, 0.1) is 19.7 Å². The van der Waals surface area contributed by atoms with Crippen molar-refractivity contribution < 1.29 is 22.7 Å². The van der Waals surface area contributed by atoms with Crippen LogP contribution >= 0.6 is 0 Å². The van der Waals surface area contributed by atoms with Crippen molar-refractivity contribution in [1.29, 1.82) is 0 Å². The molecular formula is C12H22F3N3O2. The van der Waals surface area contributed by atoms with Gasteiger partial charge in [0, 0.05) is 19.7 Å². The molecule has 0 atom stereocenters. The molecule has 0 saturated carbocycles. The minimum absolute atomic E-state index is 0.203. The number of halogens is 3. The van der Waals surface area contributed by atoms with Gasteiger partial charge in [0.25, 0.3) is 0 Å². The minimum atomic E-state index is -4.29. The van der Waals surface area contributed by atoms with Crippen molar-refractivity contribution in [3.05, 3.63) is 0 Å². The molecule has 2 N–H and O–H groups in total. The molecule has 0 bridgehead atoms. The predicted octanol–water partition coefficient (Wildman–Crippen LogP) is 0.365. The Morgan fingerprint density at radius 2 is 2.05 bits per heavy atom. The second kappa shape index (κ2) is 8.43. The quantitative estimate of drug-likeness (QED) is 0.667. The van der Waals surface area contributed by atoms with Gasteiger partial charge in [-0.15, -0.1) is 0 Å². The van der Waals surface area contributed by atoms with Gasteiger partial charge in [-0.05, 0) is 25.9 Å². The number of hydrogen-bond acceptors (Lipinski definition) is 4. The molecule has 1 rings (SSSR count). The molecule has 1 heterocycles. The second-order valence-corrected chi connectivity index (χ2v) is 4.84. The van der Waals surface area contributed by atoms with E-state index in [1.54, 1.807) is 0 Å². The Hall–Kier alpha value is -0.860. The molecular weight excluding hydrogens is 275 g/mol. The first-order valence-corrected chi connectivity index (χ1v) is 6.69. The highest BCUT2D eigenvalue weighted by molar-refractivity contribution is 5.78. The molecule has 0 spiro atoms. The van der Waals surface area contributed by atoms with Gasteiger partial charge in [0.15, 0.2) is 0 Å². The molecule has 1 saturated heterocycles. The Kier molecular flexibility index (Phi) is 7.25. The van der Waals surface area contributed by atoms with Crippen molar-refractivity contribution in [2.24, 2.45) is 0 Å². The predicted molar refractivity (Wildman–Crippen MR) is 68.4 cm³/mol. The van der Waals surface area contributed by atoms with Gasteiger partial charge in [-0.3, -0.25) is 9.69 Å². The summed E-state index contributed by atoms with van der Waals surface area (Å²) < 4.78 is 42.6. The number of carbonyl (C=O) groups excluding carboxylic acids is 1. The van der Waals surface area contributed by atoms with Gasteiger partial charge in [-0.2, -0.15) is 13.2 Å². The Morgan fingerprint density at radius 3 is 2.60 bits per heavy atom. The van der Waals surface area contributed by atoms with Crippen LogP contribution in [0, 0.1) is 0 Å². The Morgan fingerprint density at radius 1 is 1.40 bits per heavy atom. The van der Waals surface area contributed by atoms with Gasteiger partial charge in [-0.25, -0.2) is 0 Å². The van der Waals surface area contributed by atoms with E-state index in [2.05, 4.69) is 10.6 Å². The lowest BCUT2D eigenvalue weighted by atomic mass is 10.0. The number of alkyl halides is 3. The summed E-state index contributed by atoms with van der Waals surface area (Å²) in [6, 6.07) is -0.203. The average molecular weight is 297 g/mol. The minimum Gasteiger partial charge on any atom is -0.383 e. The molecule has 0 unspecified atom stereocenters. The summed E-state index contributed by atoms with van der Waals surface area (Å²) in [5.41, 5.74) is 0. The van der Waals surface area contributed by atoms with Gasteiger partial charge in [0.2, 0.25) is 5.91 Å². The summed E-state index contributed by atoms with van der Waals surface area (Å²) in [6.07, 6.45) is -3.04. The zero-order valence-electron chi connectivity index (χ0n) is 11.6. The summed E-state index contributed by atoms with van der Waals surface area (Å²) >= 11 is 0. The second-order valence-electron chi connectivity index (χ2n) is 4.84. The molecule has 0 aromatic rings. The van der Waals surface area contributed by atoms with Crippen LogP contribution in [0.15, 0.2) is 0 Å². The van der Waals surface area contributed by atoms with Crippen molar-refractivity contribution in [3.63, 3.8) is 0 Å². The van der Waals surface area contributed by atoms with E-state index < -0.39 is 18.6 Å². The normalized spacial score (nSPS) is 17.4. The summed E-state index contributed by atoms with van der Waals surface area (Å²) in [5.74, 6) is -0.398. The summed E-state index contributed by atoms with van der Waals surface area (Å²) in [6.45, 7) is 0.748. The third-order valence-corrected chi connectivity index (χ3v) is 3.18. The Labute approximate surface area is 116 Å². The molecule has 20 heavy (non-hydrogen) atoms. The van der Waals surface area contributed by atoms with Crippen molar-refractivity contribution in [2.75, 3.05) is 46.4 Å². The topological polar surface area (TPSA) is 53.6 Å². The molecule has 1 fully saturated rings. The fourth-order valence-electron chi connectivity index (χ4n) is 2.25. The van der Waals surface area contributed by atoms with E-state index in [-0.39, 0.29) is 12.6 Å².